The van der Waals surface area contributed by atoms with Crippen molar-refractivity contribution < 1.29 is 31.6 Å². The number of sulfonamides is 1. The van der Waals surface area contributed by atoms with E-state index < -0.39 is 26.6 Å². The molecule has 13 heteroatoms. The minimum atomic E-state index is -4.92. The van der Waals surface area contributed by atoms with Crippen molar-refractivity contribution in [3.8, 4) is 17.0 Å². The molecule has 42 heavy (non-hydrogen) atoms. The Labute approximate surface area is 241 Å². The number of nitrogens with zero attached hydrogens (tertiary/aromatic N) is 4. The van der Waals surface area contributed by atoms with E-state index in [4.69, 9.17) is 4.74 Å². The standard InChI is InChI=1S/C29H27F2N5O5S/c30-25-4-3-5-26(31)29(25)42(38,39)36(41-20-37)23-10-8-22(9-11-23)34-28-18-27(32-19-33-28)21-6-12-24(13-7-21)40-17-16-35-14-1-2-15-35/h3-13,18-20H,1-2,14-17H2,(H,32,33,34). The summed E-state index contributed by atoms with van der Waals surface area (Å²) in [5.74, 6) is -1.42. The van der Waals surface area contributed by atoms with Gasteiger partial charge in [-0.15, -0.1) is 0 Å². The zero-order valence-electron chi connectivity index (χ0n) is 22.3. The van der Waals surface area contributed by atoms with Crippen molar-refractivity contribution in [3.63, 3.8) is 0 Å². The summed E-state index contributed by atoms with van der Waals surface area (Å²) in [6.45, 7) is 3.64. The molecule has 5 rings (SSSR count). The maximum absolute atomic E-state index is 14.2. The number of aromatic nitrogens is 2. The normalized spacial score (nSPS) is 13.5. The lowest BCUT2D eigenvalue weighted by Gasteiger charge is -2.21. The fraction of sp³-hybridized carbons (Fsp3) is 0.207. The number of hydrogen-bond acceptors (Lipinski definition) is 9. The van der Waals surface area contributed by atoms with Crippen molar-refractivity contribution in [3.05, 3.63) is 90.8 Å². The second-order valence-corrected chi connectivity index (χ2v) is 11.1. The molecular weight excluding hydrogens is 568 g/mol. The zero-order chi connectivity index (χ0) is 29.5. The molecule has 0 saturated carbocycles. The van der Waals surface area contributed by atoms with Crippen LogP contribution in [0.25, 0.3) is 11.3 Å². The maximum Gasteiger partial charge on any atom is 0.322 e. The molecule has 4 aromatic rings. The van der Waals surface area contributed by atoms with E-state index in [1.165, 1.54) is 43.4 Å². The number of ether oxygens (including phenoxy) is 1. The fourth-order valence-corrected chi connectivity index (χ4v) is 5.87. The van der Waals surface area contributed by atoms with Gasteiger partial charge in [-0.25, -0.2) is 18.7 Å². The Balaban J connectivity index is 1.26. The number of anilines is 3. The van der Waals surface area contributed by atoms with Crippen molar-refractivity contribution in [2.24, 2.45) is 0 Å². The summed E-state index contributed by atoms with van der Waals surface area (Å²) < 4.78 is 60.4. The highest BCUT2D eigenvalue weighted by Gasteiger charge is 2.33. The number of likely N-dealkylation sites (tertiary alicyclic amines) is 1. The van der Waals surface area contributed by atoms with Crippen LogP contribution in [0.5, 0.6) is 5.75 Å². The number of rotatable bonds is 12. The highest BCUT2D eigenvalue weighted by Crippen LogP contribution is 2.29. The van der Waals surface area contributed by atoms with Gasteiger partial charge >= 0.3 is 16.5 Å². The number of benzene rings is 3. The van der Waals surface area contributed by atoms with Crippen molar-refractivity contribution in [1.82, 2.24) is 14.9 Å². The third kappa shape index (κ3) is 6.64. The molecule has 1 aliphatic rings. The summed E-state index contributed by atoms with van der Waals surface area (Å²) in [4.78, 5) is 25.4. The topological polar surface area (TPSA) is 114 Å². The molecule has 0 amide bonds. The molecule has 0 atom stereocenters. The molecule has 3 aromatic carbocycles. The molecule has 218 valence electrons. The first-order valence-corrected chi connectivity index (χ1v) is 14.5. The summed E-state index contributed by atoms with van der Waals surface area (Å²) in [7, 11) is -4.92. The van der Waals surface area contributed by atoms with Gasteiger partial charge in [0.05, 0.1) is 11.4 Å². The third-order valence-corrected chi connectivity index (χ3v) is 8.22. The number of hydrogen-bond donors (Lipinski definition) is 1. The van der Waals surface area contributed by atoms with Crippen molar-refractivity contribution in [2.45, 2.75) is 17.7 Å². The lowest BCUT2D eigenvalue weighted by atomic mass is 10.1. The molecule has 1 saturated heterocycles. The first kappa shape index (κ1) is 28.9. The summed E-state index contributed by atoms with van der Waals surface area (Å²) in [5, 5.41) is 3.09. The summed E-state index contributed by atoms with van der Waals surface area (Å²) in [5.41, 5.74) is 1.86. The molecular formula is C29H27F2N5O5S. The van der Waals surface area contributed by atoms with Crippen molar-refractivity contribution in [2.75, 3.05) is 36.0 Å². The quantitative estimate of drug-likeness (QED) is 0.180. The van der Waals surface area contributed by atoms with E-state index in [0.29, 0.717) is 23.8 Å². The van der Waals surface area contributed by atoms with Gasteiger partial charge in [-0.3, -0.25) is 9.69 Å². The Hall–Kier alpha value is -4.62. The van der Waals surface area contributed by atoms with Crippen LogP contribution in [0.15, 0.2) is 84.0 Å². The second kappa shape index (κ2) is 12.9. The van der Waals surface area contributed by atoms with E-state index >= 15 is 0 Å². The van der Waals surface area contributed by atoms with E-state index in [1.807, 2.05) is 24.3 Å². The molecule has 1 aliphatic heterocycles. The SMILES string of the molecule is O=CON(c1ccc(Nc2cc(-c3ccc(OCCN4CCCC4)cc3)ncn2)cc1)S(=O)(=O)c1c(F)cccc1F. The molecule has 1 fully saturated rings. The largest absolute Gasteiger partial charge is 0.492 e. The van der Waals surface area contributed by atoms with Gasteiger partial charge in [-0.05, 0) is 86.6 Å². The Morgan fingerprint density at radius 3 is 2.31 bits per heavy atom. The van der Waals surface area contributed by atoms with Crippen LogP contribution in [-0.2, 0) is 19.7 Å². The van der Waals surface area contributed by atoms with Gasteiger partial charge in [-0.1, -0.05) is 10.5 Å². The minimum absolute atomic E-state index is 0.147. The first-order valence-electron chi connectivity index (χ1n) is 13.1. The van der Waals surface area contributed by atoms with Crippen LogP contribution in [0.1, 0.15) is 12.8 Å². The second-order valence-electron chi connectivity index (χ2n) is 9.37. The molecule has 0 aliphatic carbocycles. The monoisotopic (exact) mass is 595 g/mol. The predicted molar refractivity (Wildman–Crippen MR) is 152 cm³/mol. The minimum Gasteiger partial charge on any atom is -0.492 e. The lowest BCUT2D eigenvalue weighted by molar-refractivity contribution is -0.128. The molecule has 0 spiro atoms. The van der Waals surface area contributed by atoms with Gasteiger partial charge in [0.1, 0.15) is 36.1 Å². The predicted octanol–water partition coefficient (Wildman–Crippen LogP) is 4.92. The molecule has 2 heterocycles. The number of nitrogens with one attached hydrogen (secondary N) is 1. The average Bonchev–Trinajstić information content (AvgIpc) is 3.50. The van der Waals surface area contributed by atoms with Crippen LogP contribution in [0.3, 0.4) is 0 Å². The average molecular weight is 596 g/mol. The van der Waals surface area contributed by atoms with Gasteiger partial charge < -0.3 is 14.9 Å². The maximum atomic E-state index is 14.2. The smallest absolute Gasteiger partial charge is 0.322 e. The number of halogens is 2. The molecule has 0 bridgehead atoms. The Kier molecular flexibility index (Phi) is 8.88. The summed E-state index contributed by atoms with van der Waals surface area (Å²) >= 11 is 0. The van der Waals surface area contributed by atoms with Gasteiger partial charge in [0.2, 0.25) is 0 Å². The Morgan fingerprint density at radius 1 is 0.952 bits per heavy atom. The fourth-order valence-electron chi connectivity index (χ4n) is 4.53. The highest BCUT2D eigenvalue weighted by atomic mass is 32.2. The summed E-state index contributed by atoms with van der Waals surface area (Å²) in [6, 6.07) is 17.5. The summed E-state index contributed by atoms with van der Waals surface area (Å²) in [6.07, 6.45) is 3.89. The number of carbonyl (C=O) groups is 1. The van der Waals surface area contributed by atoms with Crippen molar-refractivity contribution >= 4 is 33.7 Å². The molecule has 0 radical (unpaired) electrons. The zero-order valence-corrected chi connectivity index (χ0v) is 23.1. The molecule has 10 nitrogen and oxygen atoms in total. The van der Waals surface area contributed by atoms with Gasteiger partial charge in [0.25, 0.3) is 0 Å². The van der Waals surface area contributed by atoms with Gasteiger partial charge in [0, 0.05) is 23.9 Å². The van der Waals surface area contributed by atoms with Crippen LogP contribution in [-0.4, -0.2) is 56.0 Å². The number of carbonyl (C=O) groups excluding carboxylic acids is 1. The molecule has 0 unspecified atom stereocenters. The van der Waals surface area contributed by atoms with E-state index in [0.717, 1.165) is 49.1 Å². The highest BCUT2D eigenvalue weighted by molar-refractivity contribution is 7.92. The Morgan fingerprint density at radius 2 is 1.64 bits per heavy atom. The van der Waals surface area contributed by atoms with Crippen LogP contribution >= 0.6 is 0 Å². The molecule has 1 N–H and O–H groups in total. The van der Waals surface area contributed by atoms with E-state index in [-0.39, 0.29) is 16.6 Å². The van der Waals surface area contributed by atoms with Crippen LogP contribution in [0.2, 0.25) is 0 Å². The van der Waals surface area contributed by atoms with E-state index in [2.05, 4.69) is 25.0 Å². The Bertz CT molecular complexity index is 1610. The first-order chi connectivity index (χ1) is 20.3. The van der Waals surface area contributed by atoms with Crippen LogP contribution in [0.4, 0.5) is 26.0 Å². The van der Waals surface area contributed by atoms with Crippen molar-refractivity contribution in [1.29, 1.82) is 0 Å². The van der Waals surface area contributed by atoms with E-state index in [9.17, 15) is 22.0 Å². The molecule has 1 aromatic heterocycles. The van der Waals surface area contributed by atoms with Crippen LogP contribution < -0.4 is 14.5 Å². The van der Waals surface area contributed by atoms with Gasteiger partial charge in [0.15, 0.2) is 4.90 Å². The lowest BCUT2D eigenvalue weighted by Crippen LogP contribution is -2.32. The van der Waals surface area contributed by atoms with Crippen LogP contribution in [0, 0.1) is 11.6 Å². The van der Waals surface area contributed by atoms with Gasteiger partial charge in [-0.2, -0.15) is 8.42 Å². The third-order valence-electron chi connectivity index (χ3n) is 6.58. The van der Waals surface area contributed by atoms with E-state index in [1.54, 1.807) is 6.07 Å².